The number of aryl methyl sites for hydroxylation is 1. The molecule has 0 aromatic carbocycles. The highest BCUT2D eigenvalue weighted by Gasteiger charge is 2.29. The zero-order chi connectivity index (χ0) is 14.4. The molecule has 0 aliphatic rings. The summed E-state index contributed by atoms with van der Waals surface area (Å²) in [7, 11) is 0. The van der Waals surface area contributed by atoms with E-state index in [-0.39, 0.29) is 10.8 Å². The summed E-state index contributed by atoms with van der Waals surface area (Å²) in [5.41, 5.74) is 3.22. The Hall–Kier alpha value is -1.45. The van der Waals surface area contributed by atoms with Crippen LogP contribution in [0.4, 0.5) is 0 Å². The van der Waals surface area contributed by atoms with Crippen LogP contribution in [-0.2, 0) is 17.3 Å². The van der Waals surface area contributed by atoms with Gasteiger partial charge in [0.2, 0.25) is 0 Å². The Balaban J connectivity index is 2.90. The lowest BCUT2D eigenvalue weighted by molar-refractivity contribution is 0.554. The molecular formula is C15H24N4. The van der Waals surface area contributed by atoms with Crippen LogP contribution in [0, 0.1) is 0 Å². The maximum absolute atomic E-state index is 4.81. The smallest absolute Gasteiger partial charge is 0.136 e. The maximum Gasteiger partial charge on any atom is 0.136 e. The van der Waals surface area contributed by atoms with Gasteiger partial charge in [0.1, 0.15) is 17.7 Å². The van der Waals surface area contributed by atoms with Crippen molar-refractivity contribution in [2.75, 3.05) is 0 Å². The Kier molecular flexibility index (Phi) is 3.15. The predicted molar refractivity (Wildman–Crippen MR) is 77.6 cm³/mol. The summed E-state index contributed by atoms with van der Waals surface area (Å²) in [6, 6.07) is 0. The van der Waals surface area contributed by atoms with Gasteiger partial charge in [-0.3, -0.25) is 0 Å². The lowest BCUT2D eigenvalue weighted by Crippen LogP contribution is -2.19. The van der Waals surface area contributed by atoms with Crippen molar-refractivity contribution in [1.29, 1.82) is 0 Å². The highest BCUT2D eigenvalue weighted by molar-refractivity contribution is 5.61. The molecule has 0 saturated heterocycles. The van der Waals surface area contributed by atoms with Crippen LogP contribution in [0.2, 0.25) is 0 Å². The third-order valence-corrected chi connectivity index (χ3v) is 3.24. The van der Waals surface area contributed by atoms with Gasteiger partial charge in [0.25, 0.3) is 0 Å². The van der Waals surface area contributed by atoms with Gasteiger partial charge in [0, 0.05) is 17.3 Å². The summed E-state index contributed by atoms with van der Waals surface area (Å²) in [5, 5.41) is 4.40. The first kappa shape index (κ1) is 14.0. The number of imidazole rings is 1. The minimum atomic E-state index is -0.0186. The van der Waals surface area contributed by atoms with E-state index in [1.807, 2.05) is 4.52 Å². The monoisotopic (exact) mass is 260 g/mol. The first-order valence-electron chi connectivity index (χ1n) is 6.90. The van der Waals surface area contributed by atoms with Crippen LogP contribution in [0.15, 0.2) is 6.33 Å². The van der Waals surface area contributed by atoms with E-state index >= 15 is 0 Å². The van der Waals surface area contributed by atoms with Gasteiger partial charge in [0.15, 0.2) is 0 Å². The fourth-order valence-corrected chi connectivity index (χ4v) is 2.29. The summed E-state index contributed by atoms with van der Waals surface area (Å²) in [6.45, 7) is 15.2. The average molecular weight is 260 g/mol. The molecule has 0 aliphatic carbocycles. The van der Waals surface area contributed by atoms with E-state index in [2.05, 4.69) is 58.5 Å². The minimum absolute atomic E-state index is 0.0105. The Morgan fingerprint density at radius 1 is 1.00 bits per heavy atom. The van der Waals surface area contributed by atoms with Gasteiger partial charge in [-0.25, -0.2) is 14.5 Å². The molecule has 2 heterocycles. The largest absolute Gasteiger partial charge is 0.237 e. The lowest BCUT2D eigenvalue weighted by atomic mass is 9.86. The molecule has 0 N–H and O–H groups in total. The average Bonchev–Trinajstić information content (AvgIpc) is 2.65. The molecule has 2 aromatic rings. The molecule has 0 atom stereocenters. The molecule has 0 saturated carbocycles. The Morgan fingerprint density at radius 3 is 2.05 bits per heavy atom. The van der Waals surface area contributed by atoms with E-state index in [4.69, 9.17) is 4.98 Å². The maximum atomic E-state index is 4.81. The van der Waals surface area contributed by atoms with Gasteiger partial charge in [-0.1, -0.05) is 48.5 Å². The molecule has 4 heteroatoms. The van der Waals surface area contributed by atoms with E-state index in [0.29, 0.717) is 0 Å². The van der Waals surface area contributed by atoms with Crippen molar-refractivity contribution < 1.29 is 0 Å². The van der Waals surface area contributed by atoms with Gasteiger partial charge < -0.3 is 0 Å². The number of nitrogens with zero attached hydrogens (tertiary/aromatic N) is 4. The highest BCUT2D eigenvalue weighted by Crippen LogP contribution is 2.32. The molecular weight excluding hydrogens is 236 g/mol. The van der Waals surface area contributed by atoms with E-state index in [1.54, 1.807) is 6.33 Å². The van der Waals surface area contributed by atoms with Gasteiger partial charge >= 0.3 is 0 Å². The number of hydrogen-bond acceptors (Lipinski definition) is 3. The second-order valence-corrected chi connectivity index (χ2v) is 7.10. The molecule has 104 valence electrons. The van der Waals surface area contributed by atoms with Crippen LogP contribution < -0.4 is 0 Å². The van der Waals surface area contributed by atoms with E-state index in [9.17, 15) is 0 Å². The highest BCUT2D eigenvalue weighted by atomic mass is 15.3. The van der Waals surface area contributed by atoms with Gasteiger partial charge in [-0.2, -0.15) is 5.10 Å². The first-order valence-corrected chi connectivity index (χ1v) is 6.90. The van der Waals surface area contributed by atoms with Crippen LogP contribution in [0.3, 0.4) is 0 Å². The molecule has 2 aromatic heterocycles. The zero-order valence-corrected chi connectivity index (χ0v) is 13.1. The Bertz CT molecular complexity index is 597. The Morgan fingerprint density at radius 2 is 1.58 bits per heavy atom. The van der Waals surface area contributed by atoms with E-state index < -0.39 is 0 Å². The third kappa shape index (κ3) is 2.36. The van der Waals surface area contributed by atoms with E-state index in [0.717, 1.165) is 29.1 Å². The summed E-state index contributed by atoms with van der Waals surface area (Å²) in [5.74, 6) is 1.01. The number of fused-ring (bicyclic) bond motifs is 1. The van der Waals surface area contributed by atoms with Gasteiger partial charge in [0.05, 0.1) is 11.4 Å². The van der Waals surface area contributed by atoms with Crippen molar-refractivity contribution in [3.8, 4) is 0 Å². The first-order chi connectivity index (χ1) is 8.66. The fourth-order valence-electron chi connectivity index (χ4n) is 2.29. The van der Waals surface area contributed by atoms with E-state index in [1.165, 1.54) is 0 Å². The van der Waals surface area contributed by atoms with Crippen molar-refractivity contribution in [3.05, 3.63) is 23.5 Å². The molecule has 0 aliphatic heterocycles. The molecule has 0 amide bonds. The molecule has 4 nitrogen and oxygen atoms in total. The predicted octanol–water partition coefficient (Wildman–Crippen LogP) is 3.28. The van der Waals surface area contributed by atoms with Crippen molar-refractivity contribution >= 4 is 5.52 Å². The number of hydrogen-bond donors (Lipinski definition) is 0. The summed E-state index contributed by atoms with van der Waals surface area (Å²) in [4.78, 5) is 9.34. The van der Waals surface area contributed by atoms with Crippen LogP contribution in [-0.4, -0.2) is 19.6 Å². The normalized spacial score (nSPS) is 13.2. The van der Waals surface area contributed by atoms with Crippen LogP contribution in [0.25, 0.3) is 5.52 Å². The number of rotatable bonds is 1. The topological polar surface area (TPSA) is 43.1 Å². The summed E-state index contributed by atoms with van der Waals surface area (Å²) < 4.78 is 1.97. The minimum Gasteiger partial charge on any atom is -0.237 e. The van der Waals surface area contributed by atoms with Gasteiger partial charge in [-0.05, 0) is 0 Å². The molecule has 0 spiro atoms. The standard InChI is InChI=1S/C15H24N4/c1-8-10-18-13(15(5,6)7)11-12(14(2,3)4)16-9-17-19(10)11/h9H,8H2,1-7H3. The lowest BCUT2D eigenvalue weighted by Gasteiger charge is -2.22. The molecule has 0 bridgehead atoms. The van der Waals surface area contributed by atoms with Crippen LogP contribution >= 0.6 is 0 Å². The molecule has 0 unspecified atom stereocenters. The van der Waals surface area contributed by atoms with Crippen LogP contribution in [0.1, 0.15) is 65.7 Å². The SMILES string of the molecule is CCc1nc(C(C)(C)C)c2c(C(C)(C)C)ncnn12. The van der Waals surface area contributed by atoms with Crippen LogP contribution in [0.5, 0.6) is 0 Å². The number of aromatic nitrogens is 4. The summed E-state index contributed by atoms with van der Waals surface area (Å²) >= 11 is 0. The zero-order valence-electron chi connectivity index (χ0n) is 13.1. The Labute approximate surface area is 115 Å². The molecule has 2 rings (SSSR count). The van der Waals surface area contributed by atoms with Crippen molar-refractivity contribution in [2.45, 2.75) is 65.7 Å². The van der Waals surface area contributed by atoms with Crippen molar-refractivity contribution in [2.24, 2.45) is 0 Å². The second-order valence-electron chi connectivity index (χ2n) is 7.10. The quantitative estimate of drug-likeness (QED) is 0.790. The van der Waals surface area contributed by atoms with Gasteiger partial charge in [-0.15, -0.1) is 0 Å². The molecule has 0 fully saturated rings. The second kappa shape index (κ2) is 4.29. The third-order valence-electron chi connectivity index (χ3n) is 3.24. The fraction of sp³-hybridized carbons (Fsp3) is 0.667. The van der Waals surface area contributed by atoms with Crippen molar-refractivity contribution in [1.82, 2.24) is 19.6 Å². The summed E-state index contributed by atoms with van der Waals surface area (Å²) in [6.07, 6.45) is 2.51. The van der Waals surface area contributed by atoms with Crippen molar-refractivity contribution in [3.63, 3.8) is 0 Å². The molecule has 19 heavy (non-hydrogen) atoms. The molecule has 0 radical (unpaired) electrons.